The van der Waals surface area contributed by atoms with Crippen LogP contribution < -0.4 is 10.6 Å². The van der Waals surface area contributed by atoms with E-state index in [0.29, 0.717) is 5.76 Å². The molecule has 1 fully saturated rings. The van der Waals surface area contributed by atoms with Gasteiger partial charge in [-0.15, -0.1) is 11.8 Å². The van der Waals surface area contributed by atoms with E-state index >= 15 is 0 Å². The number of aliphatic carboxylic acids is 1. The van der Waals surface area contributed by atoms with Crippen LogP contribution in [0.2, 0.25) is 0 Å². The smallest absolute Gasteiger partial charge is 0.409 e. The van der Waals surface area contributed by atoms with E-state index in [1.54, 1.807) is 19.1 Å². The van der Waals surface area contributed by atoms with Gasteiger partial charge in [0.2, 0.25) is 11.6 Å². The number of fused-ring (bicyclic) bond motifs is 1. The summed E-state index contributed by atoms with van der Waals surface area (Å²) in [4.78, 5) is 61.9. The Hall–Kier alpha value is -3.48. The number of carbonyl (C=O) groups is 5. The number of hydrogen-bond donors (Lipinski definition) is 3. The number of β-lactam (4-membered cyclic amide) rings is 1. The number of nitrogens with one attached hydrogen (secondary N) is 2. The quantitative estimate of drug-likeness (QED) is 0.273. The lowest BCUT2D eigenvalue weighted by Gasteiger charge is -2.56. The number of amides is 3. The Morgan fingerprint density at radius 3 is 2.66 bits per heavy atom. The molecule has 32 heavy (non-hydrogen) atoms. The molecule has 1 aromatic heterocycles. The molecule has 13 heteroatoms. The Labute approximate surface area is 186 Å². The van der Waals surface area contributed by atoms with E-state index in [1.807, 2.05) is 0 Å². The molecule has 0 aromatic carbocycles. The molecule has 0 bridgehead atoms. The van der Waals surface area contributed by atoms with Crippen LogP contribution in [0.3, 0.4) is 0 Å². The normalized spacial score (nSPS) is 21.9. The van der Waals surface area contributed by atoms with Gasteiger partial charge in [0.25, 0.3) is 5.91 Å². The number of furan rings is 1. The van der Waals surface area contributed by atoms with Gasteiger partial charge in [-0.3, -0.25) is 24.6 Å². The van der Waals surface area contributed by atoms with Crippen LogP contribution >= 0.6 is 11.8 Å². The lowest BCUT2D eigenvalue weighted by Crippen LogP contribution is -2.86. The number of carboxylic acid groups (broad SMARTS) is 1. The second-order valence-electron chi connectivity index (χ2n) is 6.83. The summed E-state index contributed by atoms with van der Waals surface area (Å²) in [7, 11) is 0. The number of nitrogens with zero attached hydrogens (tertiary/aromatic N) is 1. The highest BCUT2D eigenvalue weighted by molar-refractivity contribution is 8.00. The number of carbonyl (C=O) groups excluding carboxylic acids is 4. The van der Waals surface area contributed by atoms with Crippen molar-refractivity contribution in [2.24, 2.45) is 0 Å². The van der Waals surface area contributed by atoms with Gasteiger partial charge in [0.1, 0.15) is 23.4 Å². The van der Waals surface area contributed by atoms with Crippen molar-refractivity contribution in [3.63, 3.8) is 0 Å². The first-order valence-electron chi connectivity index (χ1n) is 9.51. The number of rotatable bonds is 8. The molecule has 0 aliphatic carbocycles. The first kappa shape index (κ1) is 23.2. The lowest BCUT2D eigenvalue weighted by molar-refractivity contribution is -0.161. The number of hydrogen-bond acceptors (Lipinski definition) is 9. The van der Waals surface area contributed by atoms with Crippen LogP contribution in [0.25, 0.3) is 0 Å². The van der Waals surface area contributed by atoms with Crippen LogP contribution in [-0.2, 0) is 35.1 Å². The third-order valence-corrected chi connectivity index (χ3v) is 6.03. The van der Waals surface area contributed by atoms with Crippen molar-refractivity contribution in [3.8, 4) is 0 Å². The number of esters is 1. The van der Waals surface area contributed by atoms with Crippen LogP contribution in [0.4, 0.5) is 4.79 Å². The zero-order valence-corrected chi connectivity index (χ0v) is 18.0. The van der Waals surface area contributed by atoms with Gasteiger partial charge in [0, 0.05) is 18.2 Å². The van der Waals surface area contributed by atoms with Crippen molar-refractivity contribution >= 4 is 41.6 Å². The number of alkyl carbamates (subject to hydrolysis) is 1. The van der Waals surface area contributed by atoms with Gasteiger partial charge in [0.15, 0.2) is 0 Å². The highest BCUT2D eigenvalue weighted by atomic mass is 32.2. The Morgan fingerprint density at radius 1 is 1.31 bits per heavy atom. The predicted octanol–water partition coefficient (Wildman–Crippen LogP) is 0.198. The fraction of sp³-hybridized carbons (Fsp3) is 0.421. The summed E-state index contributed by atoms with van der Waals surface area (Å²) in [5.74, 6) is -3.08. The van der Waals surface area contributed by atoms with E-state index in [-0.39, 0.29) is 36.7 Å². The minimum Gasteiger partial charge on any atom is -0.477 e. The second kappa shape index (κ2) is 9.34. The molecule has 1 saturated heterocycles. The number of carboxylic acids is 1. The van der Waals surface area contributed by atoms with Crippen LogP contribution in [0.1, 0.15) is 19.6 Å². The Morgan fingerprint density at radius 2 is 2.06 bits per heavy atom. The van der Waals surface area contributed by atoms with E-state index in [4.69, 9.17) is 13.9 Å². The summed E-state index contributed by atoms with van der Waals surface area (Å²) in [6.07, 6.45) is 0.228. The van der Waals surface area contributed by atoms with Gasteiger partial charge in [0.05, 0.1) is 19.3 Å². The molecule has 3 N–H and O–H groups in total. The van der Waals surface area contributed by atoms with Crippen molar-refractivity contribution in [2.45, 2.75) is 31.3 Å². The zero-order chi connectivity index (χ0) is 23.5. The first-order valence-corrected chi connectivity index (χ1v) is 10.6. The molecule has 2 aliphatic heterocycles. The summed E-state index contributed by atoms with van der Waals surface area (Å²) in [6, 6.07) is 3.17. The van der Waals surface area contributed by atoms with Crippen molar-refractivity contribution in [1.29, 1.82) is 0 Å². The molecule has 2 aliphatic rings. The number of ether oxygens (including phenoxy) is 2. The summed E-state index contributed by atoms with van der Waals surface area (Å²) in [5, 5.41) is 13.6. The minimum atomic E-state index is -1.92. The third-order valence-electron chi connectivity index (χ3n) is 4.63. The summed E-state index contributed by atoms with van der Waals surface area (Å²) in [5.41, 5.74) is -2.07. The van der Waals surface area contributed by atoms with Crippen molar-refractivity contribution in [3.05, 3.63) is 35.4 Å². The lowest BCUT2D eigenvalue weighted by atomic mass is 9.94. The fourth-order valence-corrected chi connectivity index (χ4v) is 4.74. The Kier molecular flexibility index (Phi) is 6.77. The molecule has 12 nitrogen and oxygen atoms in total. The van der Waals surface area contributed by atoms with E-state index < -0.39 is 40.9 Å². The van der Waals surface area contributed by atoms with E-state index in [2.05, 4.69) is 10.6 Å². The van der Waals surface area contributed by atoms with Gasteiger partial charge in [-0.05, 0) is 19.1 Å². The van der Waals surface area contributed by atoms with Crippen LogP contribution in [0.5, 0.6) is 0 Å². The van der Waals surface area contributed by atoms with Crippen LogP contribution in [0, 0.1) is 0 Å². The van der Waals surface area contributed by atoms with Crippen molar-refractivity contribution < 1.29 is 43.0 Å². The van der Waals surface area contributed by atoms with E-state index in [9.17, 15) is 29.1 Å². The SMILES string of the molecule is CCOC(=O)NC1(NC(=O)Cc2ccco2)C(=O)N2C(C(=O)O)=C(COC(C)=O)CS[C@@H]21. The number of thioether (sulfide) groups is 1. The minimum absolute atomic E-state index is 0.0186. The highest BCUT2D eigenvalue weighted by Crippen LogP contribution is 2.45. The molecule has 2 atom stereocenters. The van der Waals surface area contributed by atoms with E-state index in [0.717, 1.165) is 16.7 Å². The van der Waals surface area contributed by atoms with Gasteiger partial charge < -0.3 is 24.3 Å². The van der Waals surface area contributed by atoms with Crippen molar-refractivity contribution in [2.75, 3.05) is 19.0 Å². The summed E-state index contributed by atoms with van der Waals surface area (Å²) in [6.45, 7) is 2.46. The van der Waals surface area contributed by atoms with Gasteiger partial charge >= 0.3 is 18.0 Å². The van der Waals surface area contributed by atoms with E-state index in [1.165, 1.54) is 13.2 Å². The molecule has 1 unspecified atom stereocenters. The predicted molar refractivity (Wildman–Crippen MR) is 108 cm³/mol. The first-order chi connectivity index (χ1) is 15.2. The average molecular weight is 467 g/mol. The monoisotopic (exact) mass is 467 g/mol. The molecular weight excluding hydrogens is 446 g/mol. The topological polar surface area (TPSA) is 164 Å². The summed E-state index contributed by atoms with van der Waals surface area (Å²) >= 11 is 1.10. The molecule has 3 rings (SSSR count). The molecule has 3 amide bonds. The Bertz CT molecular complexity index is 975. The van der Waals surface area contributed by atoms with Gasteiger partial charge in [-0.25, -0.2) is 9.59 Å². The zero-order valence-electron chi connectivity index (χ0n) is 17.2. The van der Waals surface area contributed by atoms with Gasteiger partial charge in [-0.2, -0.15) is 0 Å². The van der Waals surface area contributed by atoms with Gasteiger partial charge in [-0.1, -0.05) is 0 Å². The van der Waals surface area contributed by atoms with Crippen molar-refractivity contribution in [1.82, 2.24) is 15.5 Å². The maximum Gasteiger partial charge on any atom is 0.409 e. The maximum atomic E-state index is 13.2. The fourth-order valence-electron chi connectivity index (χ4n) is 3.34. The summed E-state index contributed by atoms with van der Waals surface area (Å²) < 4.78 is 14.9. The standard InChI is InChI=1S/C19H21N3O9S/c1-3-29-18(28)21-19(20-13(24)7-12-5-4-6-30-12)16(27)22-14(15(25)26)11(8-31-10(2)23)9-32-17(19)22/h4-6,17H,3,7-9H2,1-2H3,(H,20,24)(H,21,28)(H,25,26)/t17-,19?/m1/s1. The Balaban J connectivity index is 1.89. The molecule has 172 valence electrons. The molecule has 0 spiro atoms. The molecule has 1 aromatic rings. The molecule has 0 radical (unpaired) electrons. The molecular formula is C19H21N3O9S. The largest absolute Gasteiger partial charge is 0.477 e. The van der Waals surface area contributed by atoms with Crippen LogP contribution in [-0.4, -0.2) is 69.9 Å². The molecule has 0 saturated carbocycles. The maximum absolute atomic E-state index is 13.2. The molecule has 3 heterocycles. The average Bonchev–Trinajstić information content (AvgIpc) is 3.23. The van der Waals surface area contributed by atoms with Crippen LogP contribution in [0.15, 0.2) is 34.1 Å². The second-order valence-corrected chi connectivity index (χ2v) is 7.90. The third kappa shape index (κ3) is 4.42. The highest BCUT2D eigenvalue weighted by Gasteiger charge is 2.67.